The van der Waals surface area contributed by atoms with E-state index in [4.69, 9.17) is 25.8 Å². The van der Waals surface area contributed by atoms with Crippen LogP contribution in [0.25, 0.3) is 11.1 Å². The Labute approximate surface area is 234 Å². The molecule has 1 aliphatic heterocycles. The number of sulfone groups is 1. The Hall–Kier alpha value is -3.23. The van der Waals surface area contributed by atoms with Crippen molar-refractivity contribution in [2.75, 3.05) is 25.2 Å². The van der Waals surface area contributed by atoms with Crippen molar-refractivity contribution >= 4 is 27.4 Å². The number of rotatable bonds is 11. The van der Waals surface area contributed by atoms with Crippen LogP contribution in [0.15, 0.2) is 48.5 Å². The fourth-order valence-corrected chi connectivity index (χ4v) is 5.69. The summed E-state index contributed by atoms with van der Waals surface area (Å²) in [5.41, 5.74) is 5.75. The third-order valence-electron chi connectivity index (χ3n) is 7.00. The van der Waals surface area contributed by atoms with Gasteiger partial charge in [0, 0.05) is 23.8 Å². The van der Waals surface area contributed by atoms with E-state index in [0.29, 0.717) is 41.9 Å². The van der Waals surface area contributed by atoms with Crippen LogP contribution in [0.5, 0.6) is 17.2 Å². The number of carboxylic acids is 1. The first-order chi connectivity index (χ1) is 18.4. The van der Waals surface area contributed by atoms with Crippen molar-refractivity contribution in [2.45, 2.75) is 39.7 Å². The standard InChI is InChI=1S/C30H33ClO7S/c1-18-13-27(36-11-6-12-39(4,34)35)29(31)20(3)28(18)22-8-5-7-21(14-22)16-37-23-9-10-24-25(19(2)30(32)33)17-38-26(24)15-23/h5,7-10,13-15,19,25H,6,11-12,16-17H2,1-4H3,(H,32,33)/t19?,25-/m0/s1. The molecule has 4 rings (SSSR count). The summed E-state index contributed by atoms with van der Waals surface area (Å²) < 4.78 is 40.3. The smallest absolute Gasteiger partial charge is 0.306 e. The highest BCUT2D eigenvalue weighted by molar-refractivity contribution is 7.90. The van der Waals surface area contributed by atoms with Crippen molar-refractivity contribution in [3.8, 4) is 28.4 Å². The highest BCUT2D eigenvalue weighted by Gasteiger charge is 2.33. The molecule has 0 amide bonds. The second-order valence-electron chi connectivity index (χ2n) is 10.1. The van der Waals surface area contributed by atoms with E-state index in [9.17, 15) is 18.3 Å². The minimum Gasteiger partial charge on any atom is -0.492 e. The van der Waals surface area contributed by atoms with Gasteiger partial charge in [-0.25, -0.2) is 8.42 Å². The maximum atomic E-state index is 11.4. The largest absolute Gasteiger partial charge is 0.492 e. The van der Waals surface area contributed by atoms with Gasteiger partial charge >= 0.3 is 5.97 Å². The van der Waals surface area contributed by atoms with E-state index in [2.05, 4.69) is 6.07 Å². The Morgan fingerprint density at radius 2 is 1.92 bits per heavy atom. The molecule has 0 saturated carbocycles. The molecule has 0 spiro atoms. The van der Waals surface area contributed by atoms with Crippen molar-refractivity contribution in [1.29, 1.82) is 0 Å². The number of aryl methyl sites for hydroxylation is 1. The van der Waals surface area contributed by atoms with E-state index in [0.717, 1.165) is 33.4 Å². The van der Waals surface area contributed by atoms with Crippen LogP contribution in [0.3, 0.4) is 0 Å². The lowest BCUT2D eigenvalue weighted by molar-refractivity contribution is -0.142. The quantitative estimate of drug-likeness (QED) is 0.273. The number of aliphatic carboxylic acids is 1. The number of benzene rings is 3. The Morgan fingerprint density at radius 3 is 2.64 bits per heavy atom. The summed E-state index contributed by atoms with van der Waals surface area (Å²) in [6.07, 6.45) is 1.61. The summed E-state index contributed by atoms with van der Waals surface area (Å²) in [6.45, 7) is 6.59. The zero-order valence-corrected chi connectivity index (χ0v) is 24.1. The van der Waals surface area contributed by atoms with Gasteiger partial charge in [-0.3, -0.25) is 4.79 Å². The Kier molecular flexibility index (Phi) is 8.76. The molecule has 0 aliphatic carbocycles. The molecular formula is C30H33ClO7S. The van der Waals surface area contributed by atoms with E-state index in [-0.39, 0.29) is 18.3 Å². The number of halogens is 1. The SMILES string of the molecule is Cc1cc(OCCCS(C)(=O)=O)c(Cl)c(C)c1-c1cccc(COc2ccc3c(c2)OC[C@H]3C(C)C(=O)O)c1. The molecule has 2 atom stereocenters. The molecule has 0 bridgehead atoms. The molecule has 208 valence electrons. The molecule has 0 aromatic heterocycles. The number of carboxylic acid groups (broad SMARTS) is 1. The monoisotopic (exact) mass is 572 g/mol. The Morgan fingerprint density at radius 1 is 1.15 bits per heavy atom. The van der Waals surface area contributed by atoms with Gasteiger partial charge in [0.05, 0.1) is 29.9 Å². The third-order valence-corrected chi connectivity index (χ3v) is 8.50. The van der Waals surface area contributed by atoms with Crippen LogP contribution in [-0.2, 0) is 21.2 Å². The van der Waals surface area contributed by atoms with Gasteiger partial charge in [-0.05, 0) is 66.3 Å². The Balaban J connectivity index is 1.46. The number of ether oxygens (including phenoxy) is 3. The van der Waals surface area contributed by atoms with Gasteiger partial charge in [0.25, 0.3) is 0 Å². The van der Waals surface area contributed by atoms with E-state index >= 15 is 0 Å². The first-order valence-electron chi connectivity index (χ1n) is 12.8. The zero-order valence-electron chi connectivity index (χ0n) is 22.5. The van der Waals surface area contributed by atoms with Crippen LogP contribution in [0.4, 0.5) is 0 Å². The number of hydrogen-bond acceptors (Lipinski definition) is 6. The first-order valence-corrected chi connectivity index (χ1v) is 15.2. The molecule has 0 saturated heterocycles. The Bertz CT molecular complexity index is 1480. The topological polar surface area (TPSA) is 99.1 Å². The van der Waals surface area contributed by atoms with Crippen LogP contribution in [0.2, 0.25) is 5.02 Å². The summed E-state index contributed by atoms with van der Waals surface area (Å²) in [5.74, 6) is 0.387. The fourth-order valence-electron chi connectivity index (χ4n) is 4.85. The minimum absolute atomic E-state index is 0.0679. The summed E-state index contributed by atoms with van der Waals surface area (Å²) in [6, 6.07) is 15.5. The van der Waals surface area contributed by atoms with Gasteiger partial charge in [-0.2, -0.15) is 0 Å². The molecule has 39 heavy (non-hydrogen) atoms. The summed E-state index contributed by atoms with van der Waals surface area (Å²) in [7, 11) is -3.03. The molecule has 3 aromatic carbocycles. The van der Waals surface area contributed by atoms with E-state index in [1.807, 2.05) is 56.3 Å². The van der Waals surface area contributed by atoms with Crippen molar-refractivity contribution in [2.24, 2.45) is 5.92 Å². The van der Waals surface area contributed by atoms with Crippen LogP contribution < -0.4 is 14.2 Å². The molecule has 0 radical (unpaired) electrons. The molecule has 7 nitrogen and oxygen atoms in total. The number of fused-ring (bicyclic) bond motifs is 1. The molecule has 0 fully saturated rings. The van der Waals surface area contributed by atoms with Gasteiger partial charge in [-0.1, -0.05) is 42.8 Å². The first kappa shape index (κ1) is 28.8. The van der Waals surface area contributed by atoms with Gasteiger partial charge in [-0.15, -0.1) is 0 Å². The minimum atomic E-state index is -3.03. The predicted molar refractivity (Wildman–Crippen MR) is 152 cm³/mol. The van der Waals surface area contributed by atoms with Gasteiger partial charge < -0.3 is 19.3 Å². The molecular weight excluding hydrogens is 540 g/mol. The molecule has 3 aromatic rings. The van der Waals surface area contributed by atoms with E-state index in [1.54, 1.807) is 6.92 Å². The summed E-state index contributed by atoms with van der Waals surface area (Å²) >= 11 is 6.65. The average molecular weight is 573 g/mol. The average Bonchev–Trinajstić information content (AvgIpc) is 3.30. The molecule has 1 heterocycles. The van der Waals surface area contributed by atoms with Crippen molar-refractivity contribution in [3.63, 3.8) is 0 Å². The highest BCUT2D eigenvalue weighted by atomic mass is 35.5. The molecule has 1 unspecified atom stereocenters. The maximum absolute atomic E-state index is 11.4. The predicted octanol–water partition coefficient (Wildman–Crippen LogP) is 6.21. The second-order valence-corrected chi connectivity index (χ2v) is 12.7. The van der Waals surface area contributed by atoms with Crippen LogP contribution >= 0.6 is 11.6 Å². The lowest BCUT2D eigenvalue weighted by Gasteiger charge is -2.17. The number of hydrogen-bond donors (Lipinski definition) is 1. The van der Waals surface area contributed by atoms with E-state index < -0.39 is 21.7 Å². The van der Waals surface area contributed by atoms with E-state index in [1.165, 1.54) is 6.26 Å². The van der Waals surface area contributed by atoms with Crippen LogP contribution in [0.1, 0.15) is 41.5 Å². The van der Waals surface area contributed by atoms with Crippen molar-refractivity contribution in [1.82, 2.24) is 0 Å². The van der Waals surface area contributed by atoms with Gasteiger partial charge in [0.1, 0.15) is 33.7 Å². The summed E-state index contributed by atoms with van der Waals surface area (Å²) in [4.78, 5) is 11.4. The van der Waals surface area contributed by atoms with Crippen LogP contribution in [-0.4, -0.2) is 44.7 Å². The fraction of sp³-hybridized carbons (Fsp3) is 0.367. The van der Waals surface area contributed by atoms with Crippen molar-refractivity contribution < 1.29 is 32.5 Å². The normalized spacial score (nSPS) is 15.4. The zero-order chi connectivity index (χ0) is 28.3. The number of carbonyl (C=O) groups is 1. The lowest BCUT2D eigenvalue weighted by Crippen LogP contribution is -2.19. The molecule has 9 heteroatoms. The van der Waals surface area contributed by atoms with Gasteiger partial charge in [0.15, 0.2) is 0 Å². The van der Waals surface area contributed by atoms with Crippen LogP contribution in [0, 0.1) is 19.8 Å². The van der Waals surface area contributed by atoms with Crippen molar-refractivity contribution in [3.05, 3.63) is 75.8 Å². The van der Waals surface area contributed by atoms with Gasteiger partial charge in [0.2, 0.25) is 0 Å². The molecule has 1 aliphatic rings. The third kappa shape index (κ3) is 6.86. The highest BCUT2D eigenvalue weighted by Crippen LogP contribution is 2.41. The lowest BCUT2D eigenvalue weighted by atomic mass is 9.89. The second kappa shape index (κ2) is 11.9. The molecule has 1 N–H and O–H groups in total. The maximum Gasteiger partial charge on any atom is 0.306 e. The summed E-state index contributed by atoms with van der Waals surface area (Å²) in [5, 5.41) is 9.86.